The minimum atomic E-state index is -0.430. The van der Waals surface area contributed by atoms with Crippen molar-refractivity contribution in [2.45, 2.75) is 13.0 Å². The summed E-state index contributed by atoms with van der Waals surface area (Å²) < 4.78 is 4.71. The molecule has 3 rings (SSSR count). The van der Waals surface area contributed by atoms with Gasteiger partial charge >= 0.3 is 5.97 Å². The van der Waals surface area contributed by atoms with Crippen LogP contribution in [-0.2, 0) is 4.74 Å². The molecule has 0 saturated heterocycles. The zero-order valence-corrected chi connectivity index (χ0v) is 17.2. The highest BCUT2D eigenvalue weighted by Crippen LogP contribution is 2.26. The van der Waals surface area contributed by atoms with Gasteiger partial charge in [-0.2, -0.15) is 0 Å². The van der Waals surface area contributed by atoms with Crippen LogP contribution in [0.1, 0.15) is 39.4 Å². The maximum atomic E-state index is 12.6. The van der Waals surface area contributed by atoms with E-state index < -0.39 is 12.0 Å². The van der Waals surface area contributed by atoms with Gasteiger partial charge < -0.3 is 10.1 Å². The van der Waals surface area contributed by atoms with Crippen LogP contribution in [0.15, 0.2) is 54.9 Å². The van der Waals surface area contributed by atoms with Gasteiger partial charge in [0.05, 0.1) is 40.1 Å². The number of carbonyl (C=O) groups excluding carboxylic acids is 2. The predicted molar refractivity (Wildman–Crippen MR) is 111 cm³/mol. The Morgan fingerprint density at radius 3 is 2.28 bits per heavy atom. The van der Waals surface area contributed by atoms with E-state index in [1.54, 1.807) is 48.8 Å². The van der Waals surface area contributed by atoms with Crippen LogP contribution in [-0.4, -0.2) is 29.0 Å². The molecule has 1 N–H and O–H groups in total. The summed E-state index contributed by atoms with van der Waals surface area (Å²) in [6.45, 7) is 1.81. The van der Waals surface area contributed by atoms with Gasteiger partial charge in [0, 0.05) is 23.5 Å². The summed E-state index contributed by atoms with van der Waals surface area (Å²) in [4.78, 5) is 33.0. The van der Waals surface area contributed by atoms with Crippen LogP contribution in [0.3, 0.4) is 0 Å². The van der Waals surface area contributed by atoms with E-state index in [-0.39, 0.29) is 5.91 Å². The molecule has 0 spiro atoms. The number of aromatic nitrogens is 2. The molecule has 0 aliphatic rings. The molecule has 1 atom stereocenters. The van der Waals surface area contributed by atoms with E-state index in [1.807, 2.05) is 6.92 Å². The summed E-state index contributed by atoms with van der Waals surface area (Å²) in [7, 11) is 1.33. The number of benzene rings is 2. The molecule has 29 heavy (non-hydrogen) atoms. The molecule has 0 saturated carbocycles. The van der Waals surface area contributed by atoms with Gasteiger partial charge in [-0.15, -0.1) is 0 Å². The molecule has 0 bridgehead atoms. The van der Waals surface area contributed by atoms with Gasteiger partial charge in [-0.1, -0.05) is 35.3 Å². The fourth-order valence-corrected chi connectivity index (χ4v) is 3.05. The van der Waals surface area contributed by atoms with Crippen molar-refractivity contribution < 1.29 is 14.3 Å². The summed E-state index contributed by atoms with van der Waals surface area (Å²) in [6, 6.07) is 11.1. The Morgan fingerprint density at radius 1 is 0.966 bits per heavy atom. The number of ether oxygens (including phenoxy) is 1. The van der Waals surface area contributed by atoms with Gasteiger partial charge in [-0.05, 0) is 37.3 Å². The Kier molecular flexibility index (Phi) is 6.46. The molecule has 2 aromatic carbocycles. The van der Waals surface area contributed by atoms with E-state index in [1.165, 1.54) is 13.2 Å². The van der Waals surface area contributed by atoms with Crippen LogP contribution < -0.4 is 5.32 Å². The van der Waals surface area contributed by atoms with Gasteiger partial charge in [0.15, 0.2) is 0 Å². The quantitative estimate of drug-likeness (QED) is 0.592. The Labute approximate surface area is 177 Å². The first kappa shape index (κ1) is 20.8. The largest absolute Gasteiger partial charge is 0.465 e. The number of hydrogen-bond acceptors (Lipinski definition) is 5. The second-order valence-corrected chi connectivity index (χ2v) is 7.00. The lowest BCUT2D eigenvalue weighted by atomic mass is 10.0. The maximum Gasteiger partial charge on any atom is 0.337 e. The maximum absolute atomic E-state index is 12.6. The summed E-state index contributed by atoms with van der Waals surface area (Å²) >= 11 is 11.9. The molecule has 1 amide bonds. The number of halogens is 2. The second kappa shape index (κ2) is 9.03. The van der Waals surface area contributed by atoms with Crippen molar-refractivity contribution in [1.29, 1.82) is 0 Å². The van der Waals surface area contributed by atoms with Gasteiger partial charge in [0.1, 0.15) is 0 Å². The molecule has 1 aromatic heterocycles. The predicted octanol–water partition coefficient (Wildman–Crippen LogP) is 4.73. The topological polar surface area (TPSA) is 81.2 Å². The summed E-state index contributed by atoms with van der Waals surface area (Å²) in [6.07, 6.45) is 3.13. The Hall–Kier alpha value is -2.96. The average molecular weight is 430 g/mol. The van der Waals surface area contributed by atoms with Gasteiger partial charge in [-0.25, -0.2) is 4.79 Å². The number of nitrogens with zero attached hydrogens (tertiary/aromatic N) is 2. The lowest BCUT2D eigenvalue weighted by Crippen LogP contribution is -2.27. The minimum absolute atomic E-state index is 0.304. The van der Waals surface area contributed by atoms with Crippen LogP contribution in [0.25, 0.3) is 11.3 Å². The molecule has 6 nitrogen and oxygen atoms in total. The summed E-state index contributed by atoms with van der Waals surface area (Å²) in [5.41, 5.74) is 2.77. The molecule has 8 heteroatoms. The molecule has 0 aliphatic heterocycles. The monoisotopic (exact) mass is 429 g/mol. The number of rotatable bonds is 5. The number of hydrogen-bond donors (Lipinski definition) is 1. The van der Waals surface area contributed by atoms with Crippen LogP contribution >= 0.6 is 23.2 Å². The number of amides is 1. The summed E-state index contributed by atoms with van der Waals surface area (Å²) in [5.74, 6) is -0.730. The Balaban J connectivity index is 1.85. The van der Waals surface area contributed by atoms with Crippen molar-refractivity contribution in [2.75, 3.05) is 7.11 Å². The average Bonchev–Trinajstić information content (AvgIpc) is 2.75. The molecular weight excluding hydrogens is 413 g/mol. The molecule has 0 fully saturated rings. The van der Waals surface area contributed by atoms with Crippen molar-refractivity contribution in [1.82, 2.24) is 15.3 Å². The fourth-order valence-electron chi connectivity index (χ4n) is 2.76. The smallest absolute Gasteiger partial charge is 0.337 e. The zero-order valence-electron chi connectivity index (χ0n) is 15.6. The van der Waals surface area contributed by atoms with Crippen molar-refractivity contribution in [3.05, 3.63) is 81.7 Å². The van der Waals surface area contributed by atoms with Crippen molar-refractivity contribution in [3.63, 3.8) is 0 Å². The van der Waals surface area contributed by atoms with Crippen LogP contribution in [0.2, 0.25) is 10.0 Å². The third-order valence-corrected chi connectivity index (χ3v) is 4.98. The van der Waals surface area contributed by atoms with Crippen LogP contribution in [0.4, 0.5) is 0 Å². The van der Waals surface area contributed by atoms with E-state index in [4.69, 9.17) is 27.9 Å². The van der Waals surface area contributed by atoms with Crippen molar-refractivity contribution >= 4 is 35.1 Å². The molecular formula is C21H17Cl2N3O3. The third kappa shape index (κ3) is 4.72. The highest BCUT2D eigenvalue weighted by atomic mass is 35.5. The molecule has 1 heterocycles. The Bertz CT molecular complexity index is 1060. The highest BCUT2D eigenvalue weighted by molar-refractivity contribution is 6.42. The lowest BCUT2D eigenvalue weighted by Gasteiger charge is -2.16. The normalized spacial score (nSPS) is 11.6. The van der Waals surface area contributed by atoms with E-state index in [0.29, 0.717) is 32.6 Å². The fraction of sp³-hybridized carbons (Fsp3) is 0.143. The SMILES string of the molecule is COC(=O)c1ccc(-c2nccnc2[C@@H](C)NC(=O)c2ccc(Cl)c(Cl)c2)cc1. The van der Waals surface area contributed by atoms with Crippen LogP contribution in [0, 0.1) is 0 Å². The van der Waals surface area contributed by atoms with Crippen LogP contribution in [0.5, 0.6) is 0 Å². The zero-order chi connectivity index (χ0) is 21.0. The van der Waals surface area contributed by atoms with E-state index in [2.05, 4.69) is 15.3 Å². The molecule has 3 aromatic rings. The third-order valence-electron chi connectivity index (χ3n) is 4.25. The molecule has 0 radical (unpaired) electrons. The number of methoxy groups -OCH3 is 1. The minimum Gasteiger partial charge on any atom is -0.465 e. The lowest BCUT2D eigenvalue weighted by molar-refractivity contribution is 0.0600. The molecule has 0 aliphatic carbocycles. The van der Waals surface area contributed by atoms with E-state index in [9.17, 15) is 9.59 Å². The van der Waals surface area contributed by atoms with Gasteiger partial charge in [0.2, 0.25) is 0 Å². The van der Waals surface area contributed by atoms with Gasteiger partial charge in [0.25, 0.3) is 5.91 Å². The standard InChI is InChI=1S/C21H17Cl2N3O3/c1-12(26-20(27)15-7-8-16(22)17(23)11-15)18-19(25-10-9-24-18)13-3-5-14(6-4-13)21(28)29-2/h3-12H,1-2H3,(H,26,27)/t12-/m1/s1. The first-order valence-electron chi connectivity index (χ1n) is 8.66. The first-order valence-corrected chi connectivity index (χ1v) is 9.42. The highest BCUT2D eigenvalue weighted by Gasteiger charge is 2.18. The van der Waals surface area contributed by atoms with E-state index >= 15 is 0 Å². The van der Waals surface area contributed by atoms with Crippen molar-refractivity contribution in [3.8, 4) is 11.3 Å². The van der Waals surface area contributed by atoms with Gasteiger partial charge in [-0.3, -0.25) is 14.8 Å². The first-order chi connectivity index (χ1) is 13.9. The molecule has 0 unspecified atom stereocenters. The number of nitrogens with one attached hydrogen (secondary N) is 1. The summed E-state index contributed by atoms with van der Waals surface area (Å²) in [5, 5.41) is 3.57. The number of carbonyl (C=O) groups is 2. The Morgan fingerprint density at radius 2 is 1.62 bits per heavy atom. The molecule has 148 valence electrons. The number of esters is 1. The van der Waals surface area contributed by atoms with E-state index in [0.717, 1.165) is 5.56 Å². The van der Waals surface area contributed by atoms with Crippen molar-refractivity contribution in [2.24, 2.45) is 0 Å². The second-order valence-electron chi connectivity index (χ2n) is 6.18.